The molecule has 27 heavy (non-hydrogen) atoms. The van der Waals surface area contributed by atoms with E-state index < -0.39 is 5.41 Å². The van der Waals surface area contributed by atoms with Gasteiger partial charge in [0.05, 0.1) is 21.4 Å². The summed E-state index contributed by atoms with van der Waals surface area (Å²) < 4.78 is 0. The molecule has 2 fully saturated rings. The van der Waals surface area contributed by atoms with E-state index in [0.717, 1.165) is 37.7 Å². The standard InChI is InChI=1S/C19H25Cl2N3O2.ClH/c20-15-5-4-14(11-16(15)21)19(6-2-7-19)18(26)24-10-1-3-13(12-24)17(25)23-9-8-22;/h4-5,11,13H,1-3,6-10,12,22H2,(H,23,25);1H. The first-order chi connectivity index (χ1) is 12.5. The second-order valence-corrected chi connectivity index (χ2v) is 8.05. The summed E-state index contributed by atoms with van der Waals surface area (Å²) in [4.78, 5) is 27.5. The first kappa shape index (κ1) is 22.3. The van der Waals surface area contributed by atoms with Gasteiger partial charge in [0.1, 0.15) is 0 Å². The van der Waals surface area contributed by atoms with Gasteiger partial charge >= 0.3 is 0 Å². The maximum Gasteiger partial charge on any atom is 0.233 e. The first-order valence-corrected chi connectivity index (χ1v) is 9.96. The molecule has 2 aliphatic rings. The molecule has 3 N–H and O–H groups in total. The number of amides is 2. The normalized spacial score (nSPS) is 21.0. The van der Waals surface area contributed by atoms with Gasteiger partial charge in [-0.2, -0.15) is 0 Å². The Morgan fingerprint density at radius 1 is 1.22 bits per heavy atom. The van der Waals surface area contributed by atoms with E-state index in [0.29, 0.717) is 36.2 Å². The van der Waals surface area contributed by atoms with Crippen molar-refractivity contribution in [1.82, 2.24) is 10.2 Å². The third kappa shape index (κ3) is 4.53. The second kappa shape index (κ2) is 9.46. The van der Waals surface area contributed by atoms with Gasteiger partial charge in [0, 0.05) is 26.2 Å². The zero-order valence-corrected chi connectivity index (χ0v) is 17.5. The van der Waals surface area contributed by atoms with Crippen LogP contribution < -0.4 is 11.1 Å². The van der Waals surface area contributed by atoms with Crippen LogP contribution in [0.2, 0.25) is 10.0 Å². The lowest BCUT2D eigenvalue weighted by Crippen LogP contribution is -2.55. The van der Waals surface area contributed by atoms with Crippen LogP contribution in [-0.4, -0.2) is 42.9 Å². The number of halogens is 3. The quantitative estimate of drug-likeness (QED) is 0.747. The molecule has 0 bridgehead atoms. The van der Waals surface area contributed by atoms with E-state index in [4.69, 9.17) is 28.9 Å². The van der Waals surface area contributed by atoms with E-state index in [-0.39, 0.29) is 30.1 Å². The van der Waals surface area contributed by atoms with Crippen molar-refractivity contribution in [2.45, 2.75) is 37.5 Å². The predicted molar refractivity (Wildman–Crippen MR) is 111 cm³/mol. The van der Waals surface area contributed by atoms with E-state index in [1.807, 2.05) is 17.0 Å². The van der Waals surface area contributed by atoms with Crippen molar-refractivity contribution >= 4 is 47.4 Å². The van der Waals surface area contributed by atoms with Crippen LogP contribution in [0.4, 0.5) is 0 Å². The summed E-state index contributed by atoms with van der Waals surface area (Å²) in [5, 5.41) is 3.81. The Kier molecular flexibility index (Phi) is 7.81. The number of benzene rings is 1. The molecule has 5 nitrogen and oxygen atoms in total. The third-order valence-corrected chi connectivity index (χ3v) is 6.35. The van der Waals surface area contributed by atoms with Gasteiger partial charge in [-0.25, -0.2) is 0 Å². The Hall–Kier alpha value is -1.01. The molecule has 1 heterocycles. The SMILES string of the molecule is Cl.NCCNC(=O)C1CCCN(C(=O)C2(c3ccc(Cl)c(Cl)c3)CCC2)C1. The van der Waals surface area contributed by atoms with E-state index in [2.05, 4.69) is 5.32 Å². The van der Waals surface area contributed by atoms with E-state index in [1.54, 1.807) is 6.07 Å². The second-order valence-electron chi connectivity index (χ2n) is 7.23. The van der Waals surface area contributed by atoms with Gasteiger partial charge in [-0.05, 0) is 43.4 Å². The maximum atomic E-state index is 13.4. The first-order valence-electron chi connectivity index (χ1n) is 9.20. The van der Waals surface area contributed by atoms with Crippen molar-refractivity contribution in [1.29, 1.82) is 0 Å². The summed E-state index contributed by atoms with van der Waals surface area (Å²) in [6.45, 7) is 2.05. The van der Waals surface area contributed by atoms with Crippen LogP contribution in [-0.2, 0) is 15.0 Å². The van der Waals surface area contributed by atoms with Crippen LogP contribution in [0.5, 0.6) is 0 Å². The summed E-state index contributed by atoms with van der Waals surface area (Å²) in [6, 6.07) is 5.48. The van der Waals surface area contributed by atoms with Gasteiger partial charge in [-0.1, -0.05) is 35.7 Å². The van der Waals surface area contributed by atoms with E-state index >= 15 is 0 Å². The molecule has 1 saturated carbocycles. The molecule has 3 rings (SSSR count). The molecule has 1 aromatic carbocycles. The molecule has 1 aliphatic carbocycles. The molecule has 1 aliphatic heterocycles. The monoisotopic (exact) mass is 433 g/mol. The van der Waals surface area contributed by atoms with Gasteiger partial charge < -0.3 is 16.0 Å². The Labute approximate surface area is 176 Å². The van der Waals surface area contributed by atoms with Crippen LogP contribution in [0.3, 0.4) is 0 Å². The number of hydrogen-bond donors (Lipinski definition) is 2. The summed E-state index contributed by atoms with van der Waals surface area (Å²) in [5.41, 5.74) is 5.86. The lowest BCUT2D eigenvalue weighted by molar-refractivity contribution is -0.144. The zero-order chi connectivity index (χ0) is 18.7. The van der Waals surface area contributed by atoms with Gasteiger partial charge in [0.15, 0.2) is 0 Å². The van der Waals surface area contributed by atoms with Crippen molar-refractivity contribution in [2.75, 3.05) is 26.2 Å². The molecule has 150 valence electrons. The number of carbonyl (C=O) groups is 2. The summed E-state index contributed by atoms with van der Waals surface area (Å²) in [5.74, 6) is -0.0613. The minimum absolute atomic E-state index is 0. The third-order valence-electron chi connectivity index (χ3n) is 5.61. The average Bonchev–Trinajstić information content (AvgIpc) is 2.61. The number of nitrogens with one attached hydrogen (secondary N) is 1. The average molecular weight is 435 g/mol. The topological polar surface area (TPSA) is 75.4 Å². The zero-order valence-electron chi connectivity index (χ0n) is 15.2. The summed E-state index contributed by atoms with van der Waals surface area (Å²) >= 11 is 12.2. The molecule has 1 aromatic rings. The van der Waals surface area contributed by atoms with Crippen LogP contribution in [0.25, 0.3) is 0 Å². The molecule has 0 aromatic heterocycles. The van der Waals surface area contributed by atoms with Crippen LogP contribution in [0, 0.1) is 5.92 Å². The molecular formula is C19H26Cl3N3O2. The van der Waals surface area contributed by atoms with Crippen LogP contribution >= 0.6 is 35.6 Å². The van der Waals surface area contributed by atoms with Gasteiger partial charge in [0.25, 0.3) is 0 Å². The molecule has 2 amide bonds. The number of nitrogens with zero attached hydrogens (tertiary/aromatic N) is 1. The minimum Gasteiger partial charge on any atom is -0.355 e. The predicted octanol–water partition coefficient (Wildman–Crippen LogP) is 3.15. The number of hydrogen-bond acceptors (Lipinski definition) is 3. The molecule has 0 radical (unpaired) electrons. The van der Waals surface area contributed by atoms with Gasteiger partial charge in [-0.15, -0.1) is 12.4 Å². The van der Waals surface area contributed by atoms with Crippen molar-refractivity contribution in [2.24, 2.45) is 11.7 Å². The lowest BCUT2D eigenvalue weighted by Gasteiger charge is -2.45. The number of carbonyl (C=O) groups excluding carboxylic acids is 2. The van der Waals surface area contributed by atoms with E-state index in [9.17, 15) is 9.59 Å². The fourth-order valence-electron chi connectivity index (χ4n) is 3.97. The fraction of sp³-hybridized carbons (Fsp3) is 0.579. The van der Waals surface area contributed by atoms with Crippen molar-refractivity contribution in [3.8, 4) is 0 Å². The molecular weight excluding hydrogens is 409 g/mol. The smallest absolute Gasteiger partial charge is 0.233 e. The highest BCUT2D eigenvalue weighted by atomic mass is 35.5. The number of rotatable bonds is 5. The highest BCUT2D eigenvalue weighted by Gasteiger charge is 2.48. The number of piperidine rings is 1. The van der Waals surface area contributed by atoms with E-state index in [1.165, 1.54) is 0 Å². The van der Waals surface area contributed by atoms with Crippen molar-refractivity contribution in [3.63, 3.8) is 0 Å². The highest BCUT2D eigenvalue weighted by molar-refractivity contribution is 6.42. The van der Waals surface area contributed by atoms with Crippen molar-refractivity contribution < 1.29 is 9.59 Å². The van der Waals surface area contributed by atoms with Crippen LogP contribution in [0.1, 0.15) is 37.7 Å². The van der Waals surface area contributed by atoms with Crippen molar-refractivity contribution in [3.05, 3.63) is 33.8 Å². The maximum absolute atomic E-state index is 13.4. The largest absolute Gasteiger partial charge is 0.355 e. The minimum atomic E-state index is -0.524. The molecule has 0 spiro atoms. The van der Waals surface area contributed by atoms with Gasteiger partial charge in [0.2, 0.25) is 11.8 Å². The fourth-order valence-corrected chi connectivity index (χ4v) is 4.27. The Balaban J connectivity index is 0.00000261. The number of likely N-dealkylation sites (tertiary alicyclic amines) is 1. The van der Waals surface area contributed by atoms with Crippen LogP contribution in [0.15, 0.2) is 18.2 Å². The lowest BCUT2D eigenvalue weighted by atomic mass is 9.63. The summed E-state index contributed by atoms with van der Waals surface area (Å²) in [6.07, 6.45) is 4.28. The molecule has 8 heteroatoms. The highest BCUT2D eigenvalue weighted by Crippen LogP contribution is 2.46. The Morgan fingerprint density at radius 2 is 1.96 bits per heavy atom. The molecule has 1 unspecified atom stereocenters. The Morgan fingerprint density at radius 3 is 2.56 bits per heavy atom. The Bertz CT molecular complexity index is 695. The van der Waals surface area contributed by atoms with Gasteiger partial charge in [-0.3, -0.25) is 9.59 Å². The number of nitrogens with two attached hydrogens (primary N) is 1. The molecule has 1 saturated heterocycles. The molecule has 1 atom stereocenters. The summed E-state index contributed by atoms with van der Waals surface area (Å²) in [7, 11) is 0.